The topological polar surface area (TPSA) is 63.3 Å². The Balaban J connectivity index is 2.73. The van der Waals surface area contributed by atoms with E-state index in [1.165, 1.54) is 6.07 Å². The molecule has 0 atom stereocenters. The Bertz CT molecular complexity index is 258. The van der Waals surface area contributed by atoms with Gasteiger partial charge < -0.3 is 9.63 Å². The summed E-state index contributed by atoms with van der Waals surface area (Å²) in [5.41, 5.74) is 0.662. The van der Waals surface area contributed by atoms with E-state index >= 15 is 0 Å². The Morgan fingerprint density at radius 1 is 1.91 bits per heavy atom. The van der Waals surface area contributed by atoms with E-state index in [1.807, 2.05) is 6.26 Å². The summed E-state index contributed by atoms with van der Waals surface area (Å²) in [5.74, 6) is -0.504. The van der Waals surface area contributed by atoms with Crippen LogP contribution in [0.25, 0.3) is 0 Å². The van der Waals surface area contributed by atoms with E-state index in [1.54, 1.807) is 11.8 Å². The lowest BCUT2D eigenvalue weighted by atomic mass is 10.4. The van der Waals surface area contributed by atoms with Gasteiger partial charge in [0, 0.05) is 11.8 Å². The first-order valence-corrected chi connectivity index (χ1v) is 4.31. The Kier molecular flexibility index (Phi) is 2.53. The van der Waals surface area contributed by atoms with E-state index in [-0.39, 0.29) is 5.76 Å². The summed E-state index contributed by atoms with van der Waals surface area (Å²) in [7, 11) is 0. The average Bonchev–Trinajstić information content (AvgIpc) is 2.37. The highest BCUT2D eigenvalue weighted by Crippen LogP contribution is 2.09. The summed E-state index contributed by atoms with van der Waals surface area (Å²) in [6.45, 7) is 0. The number of rotatable bonds is 3. The molecule has 0 spiro atoms. The molecular weight excluding hydrogens is 166 g/mol. The molecule has 0 aliphatic carbocycles. The van der Waals surface area contributed by atoms with Crippen LogP contribution in [0.4, 0.5) is 0 Å². The molecule has 0 fully saturated rings. The first-order valence-electron chi connectivity index (χ1n) is 2.92. The third-order valence-corrected chi connectivity index (χ3v) is 1.65. The van der Waals surface area contributed by atoms with Gasteiger partial charge in [0.25, 0.3) is 0 Å². The van der Waals surface area contributed by atoms with Crippen LogP contribution < -0.4 is 0 Å². The van der Waals surface area contributed by atoms with E-state index in [0.29, 0.717) is 11.4 Å². The maximum absolute atomic E-state index is 10.3. The van der Waals surface area contributed by atoms with Crippen LogP contribution in [0.2, 0.25) is 0 Å². The second-order valence-electron chi connectivity index (χ2n) is 1.92. The minimum atomic E-state index is -1.08. The van der Waals surface area contributed by atoms with Gasteiger partial charge in [-0.05, 0) is 6.26 Å². The van der Waals surface area contributed by atoms with E-state index in [2.05, 4.69) is 9.68 Å². The molecule has 0 aromatic carbocycles. The highest BCUT2D eigenvalue weighted by atomic mass is 32.2. The van der Waals surface area contributed by atoms with Crippen LogP contribution in [0, 0.1) is 0 Å². The van der Waals surface area contributed by atoms with Crippen molar-refractivity contribution in [2.45, 2.75) is 5.75 Å². The van der Waals surface area contributed by atoms with Gasteiger partial charge >= 0.3 is 5.97 Å². The predicted octanol–water partition coefficient (Wildman–Crippen LogP) is 1.24. The summed E-state index contributed by atoms with van der Waals surface area (Å²) < 4.78 is 4.52. The summed E-state index contributed by atoms with van der Waals surface area (Å²) in [5, 5.41) is 12.0. The van der Waals surface area contributed by atoms with Gasteiger partial charge in [-0.15, -0.1) is 0 Å². The summed E-state index contributed by atoms with van der Waals surface area (Å²) >= 11 is 1.56. The monoisotopic (exact) mass is 173 g/mol. The molecule has 0 aliphatic heterocycles. The number of carboxylic acids is 1. The van der Waals surface area contributed by atoms with Gasteiger partial charge in [-0.25, -0.2) is 4.79 Å². The van der Waals surface area contributed by atoms with Crippen molar-refractivity contribution in [2.75, 3.05) is 6.26 Å². The summed E-state index contributed by atoms with van der Waals surface area (Å²) in [6, 6.07) is 1.43. The van der Waals surface area contributed by atoms with Crippen molar-refractivity contribution in [3.05, 3.63) is 17.5 Å². The third-order valence-electron chi connectivity index (χ3n) is 1.06. The Morgan fingerprint density at radius 2 is 2.64 bits per heavy atom. The average molecular weight is 173 g/mol. The number of aromatic nitrogens is 1. The van der Waals surface area contributed by atoms with Crippen molar-refractivity contribution in [3.8, 4) is 0 Å². The zero-order valence-corrected chi connectivity index (χ0v) is 6.72. The van der Waals surface area contributed by atoms with Gasteiger partial charge in [0.05, 0.1) is 5.69 Å². The quantitative estimate of drug-likeness (QED) is 0.744. The zero-order valence-electron chi connectivity index (χ0n) is 5.90. The molecule has 0 saturated heterocycles. The van der Waals surface area contributed by atoms with E-state index < -0.39 is 5.97 Å². The minimum Gasteiger partial charge on any atom is -0.475 e. The van der Waals surface area contributed by atoms with Crippen molar-refractivity contribution in [1.29, 1.82) is 0 Å². The molecule has 0 radical (unpaired) electrons. The molecule has 11 heavy (non-hydrogen) atoms. The molecule has 0 amide bonds. The molecule has 60 valence electrons. The first kappa shape index (κ1) is 8.13. The SMILES string of the molecule is CSCc1cc(C(=O)O)on1. The highest BCUT2D eigenvalue weighted by Gasteiger charge is 2.09. The van der Waals surface area contributed by atoms with Gasteiger partial charge in [-0.2, -0.15) is 11.8 Å². The molecule has 4 nitrogen and oxygen atoms in total. The van der Waals surface area contributed by atoms with Crippen LogP contribution in [-0.2, 0) is 5.75 Å². The molecule has 1 N–H and O–H groups in total. The minimum absolute atomic E-state index is 0.103. The number of carbonyl (C=O) groups is 1. The Hall–Kier alpha value is -0.970. The van der Waals surface area contributed by atoms with Gasteiger partial charge in [-0.3, -0.25) is 0 Å². The summed E-state index contributed by atoms with van der Waals surface area (Å²) in [6.07, 6.45) is 1.91. The molecule has 5 heteroatoms. The maximum atomic E-state index is 10.3. The predicted molar refractivity (Wildman–Crippen MR) is 40.7 cm³/mol. The molecule has 0 unspecified atom stereocenters. The van der Waals surface area contributed by atoms with Gasteiger partial charge in [0.2, 0.25) is 5.76 Å². The lowest BCUT2D eigenvalue weighted by Crippen LogP contribution is -1.91. The van der Waals surface area contributed by atoms with Crippen LogP contribution in [0.3, 0.4) is 0 Å². The van der Waals surface area contributed by atoms with E-state index in [4.69, 9.17) is 5.11 Å². The number of carboxylic acid groups (broad SMARTS) is 1. The van der Waals surface area contributed by atoms with Crippen LogP contribution in [0.15, 0.2) is 10.6 Å². The number of hydrogen-bond acceptors (Lipinski definition) is 4. The fraction of sp³-hybridized carbons (Fsp3) is 0.333. The van der Waals surface area contributed by atoms with Crippen molar-refractivity contribution in [1.82, 2.24) is 5.16 Å². The highest BCUT2D eigenvalue weighted by molar-refractivity contribution is 7.97. The molecule has 1 aromatic heterocycles. The molecular formula is C6H7NO3S. The fourth-order valence-corrected chi connectivity index (χ4v) is 1.06. The van der Waals surface area contributed by atoms with E-state index in [0.717, 1.165) is 0 Å². The largest absolute Gasteiger partial charge is 0.475 e. The number of hydrogen-bond donors (Lipinski definition) is 1. The Morgan fingerprint density at radius 3 is 3.09 bits per heavy atom. The number of aromatic carboxylic acids is 1. The molecule has 0 saturated carbocycles. The first-order chi connectivity index (χ1) is 5.24. The second-order valence-corrected chi connectivity index (χ2v) is 2.79. The zero-order chi connectivity index (χ0) is 8.27. The van der Waals surface area contributed by atoms with Crippen molar-refractivity contribution < 1.29 is 14.4 Å². The van der Waals surface area contributed by atoms with Crippen LogP contribution >= 0.6 is 11.8 Å². The van der Waals surface area contributed by atoms with E-state index in [9.17, 15) is 4.79 Å². The second kappa shape index (κ2) is 3.43. The lowest BCUT2D eigenvalue weighted by Gasteiger charge is -1.83. The maximum Gasteiger partial charge on any atom is 0.374 e. The smallest absolute Gasteiger partial charge is 0.374 e. The van der Waals surface area contributed by atoms with Crippen molar-refractivity contribution in [2.24, 2.45) is 0 Å². The molecule has 0 aliphatic rings. The standard InChI is InChI=1S/C6H7NO3S/c1-11-3-4-2-5(6(8)9)10-7-4/h2H,3H2,1H3,(H,8,9). The molecule has 0 bridgehead atoms. The molecule has 1 rings (SSSR count). The lowest BCUT2D eigenvalue weighted by molar-refractivity contribution is 0.0652. The van der Waals surface area contributed by atoms with Gasteiger partial charge in [0.1, 0.15) is 0 Å². The van der Waals surface area contributed by atoms with Crippen molar-refractivity contribution >= 4 is 17.7 Å². The Labute approximate surface area is 67.6 Å². The van der Waals surface area contributed by atoms with Crippen LogP contribution in [0.1, 0.15) is 16.2 Å². The third kappa shape index (κ3) is 1.98. The number of thioether (sulfide) groups is 1. The van der Waals surface area contributed by atoms with Gasteiger partial charge in [-0.1, -0.05) is 5.16 Å². The fourth-order valence-electron chi connectivity index (χ4n) is 0.629. The normalized spacial score (nSPS) is 9.91. The summed E-state index contributed by atoms with van der Waals surface area (Å²) in [4.78, 5) is 10.3. The number of nitrogens with zero attached hydrogens (tertiary/aromatic N) is 1. The molecule has 1 heterocycles. The van der Waals surface area contributed by atoms with Gasteiger partial charge in [0.15, 0.2) is 0 Å². The van der Waals surface area contributed by atoms with Crippen LogP contribution in [-0.4, -0.2) is 22.5 Å². The van der Waals surface area contributed by atoms with Crippen molar-refractivity contribution in [3.63, 3.8) is 0 Å². The van der Waals surface area contributed by atoms with Crippen LogP contribution in [0.5, 0.6) is 0 Å². The molecule has 1 aromatic rings.